The molecule has 0 saturated carbocycles. The smallest absolute Gasteiger partial charge is 0.238 e. The summed E-state index contributed by atoms with van der Waals surface area (Å²) >= 11 is 0. The summed E-state index contributed by atoms with van der Waals surface area (Å²) in [6.07, 6.45) is 0. The monoisotopic (exact) mass is 769 g/mol. The quantitative estimate of drug-likeness (QED) is 0.163. The van der Waals surface area contributed by atoms with Crippen molar-refractivity contribution in [3.8, 4) is 45.9 Å². The van der Waals surface area contributed by atoms with Crippen molar-refractivity contribution < 1.29 is 4.74 Å². The molecule has 4 heterocycles. The van der Waals surface area contributed by atoms with E-state index in [9.17, 15) is 0 Å². The van der Waals surface area contributed by atoms with E-state index in [2.05, 4.69) is 116 Å². The number of ether oxygens (including phenoxy) is 1. The number of para-hydroxylation sites is 6. The van der Waals surface area contributed by atoms with Gasteiger partial charge in [0.2, 0.25) is 11.6 Å². The molecule has 3 aromatic heterocycles. The second kappa shape index (κ2) is 13.3. The lowest BCUT2D eigenvalue weighted by atomic mass is 10.1. The van der Waals surface area contributed by atoms with Gasteiger partial charge >= 0.3 is 0 Å². The first-order chi connectivity index (χ1) is 29.7. The van der Waals surface area contributed by atoms with Gasteiger partial charge in [-0.15, -0.1) is 0 Å². The van der Waals surface area contributed by atoms with Crippen molar-refractivity contribution in [1.82, 2.24) is 24.1 Å². The van der Waals surface area contributed by atoms with E-state index in [-0.39, 0.29) is 0 Å². The second-order valence-electron chi connectivity index (χ2n) is 14.8. The van der Waals surface area contributed by atoms with Crippen LogP contribution in [0.2, 0.25) is 0 Å². The molecule has 0 radical (unpaired) electrons. The molecule has 280 valence electrons. The van der Waals surface area contributed by atoms with Crippen LogP contribution in [0.15, 0.2) is 188 Å². The van der Waals surface area contributed by atoms with Crippen molar-refractivity contribution in [2.75, 3.05) is 4.90 Å². The first-order valence-corrected chi connectivity index (χ1v) is 19.7. The molecule has 8 nitrogen and oxygen atoms in total. The van der Waals surface area contributed by atoms with Crippen LogP contribution in [0.1, 0.15) is 0 Å². The fourth-order valence-electron chi connectivity index (χ4n) is 8.72. The molecule has 1 aliphatic rings. The third-order valence-electron chi connectivity index (χ3n) is 11.4. The number of nitrogens with zero attached hydrogens (tertiary/aromatic N) is 7. The average Bonchev–Trinajstić information content (AvgIpc) is 3.83. The molecule has 0 fully saturated rings. The van der Waals surface area contributed by atoms with Crippen LogP contribution in [0.3, 0.4) is 0 Å². The van der Waals surface area contributed by atoms with E-state index < -0.39 is 0 Å². The van der Waals surface area contributed by atoms with Gasteiger partial charge in [0.15, 0.2) is 23.1 Å². The summed E-state index contributed by atoms with van der Waals surface area (Å²) in [6, 6.07) is 63.6. The number of hydrogen-bond acceptors (Lipinski definition) is 5. The maximum absolute atomic E-state index is 8.59. The SMILES string of the molecule is [C-]#[N+]c1cc(-c2nc(-c3ccccc3)nc(-n3c4ccccc4c4ccccc43)n2)ccc1N1c2ccccc2Oc2cc3c(cc21)c1ccccc1n3-c1ccccc1. The van der Waals surface area contributed by atoms with Crippen LogP contribution in [0, 0.1) is 6.57 Å². The van der Waals surface area contributed by atoms with Gasteiger partial charge in [0.05, 0.1) is 45.7 Å². The van der Waals surface area contributed by atoms with Gasteiger partial charge in [0.1, 0.15) is 0 Å². The summed E-state index contributed by atoms with van der Waals surface area (Å²) in [7, 11) is 0. The summed E-state index contributed by atoms with van der Waals surface area (Å²) in [4.78, 5) is 21.6. The lowest BCUT2D eigenvalue weighted by Gasteiger charge is -2.34. The fraction of sp³-hybridized carbons (Fsp3) is 0. The zero-order valence-corrected chi connectivity index (χ0v) is 31.9. The predicted octanol–water partition coefficient (Wildman–Crippen LogP) is 13.5. The van der Waals surface area contributed by atoms with Crippen LogP contribution < -0.4 is 9.64 Å². The standard InChI is InChI=1S/C52H31N7O/c1-53-40-30-34(51-54-50(33-16-4-2-5-17-33)55-52(56-51)59-42-24-12-8-20-36(42)37-21-9-13-25-43(37)59)28-29-44(40)58-45-26-14-15-27-48(45)60-49-32-46-39(31-47(49)58)38-22-10-11-23-41(38)57(46)35-18-6-3-7-19-35/h2-32H. The third kappa shape index (κ3) is 5.13. The van der Waals surface area contributed by atoms with Crippen LogP contribution in [0.5, 0.6) is 11.5 Å². The number of fused-ring (bicyclic) bond motifs is 8. The number of rotatable bonds is 5. The largest absolute Gasteiger partial charge is 0.453 e. The van der Waals surface area contributed by atoms with Crippen molar-refractivity contribution in [2.24, 2.45) is 0 Å². The van der Waals surface area contributed by atoms with E-state index in [1.807, 2.05) is 91.0 Å². The highest BCUT2D eigenvalue weighted by Gasteiger charge is 2.30. The molecule has 8 aromatic carbocycles. The minimum Gasteiger partial charge on any atom is -0.453 e. The topological polar surface area (TPSA) is 65.4 Å². The Labute approximate surface area is 344 Å². The first-order valence-electron chi connectivity index (χ1n) is 19.7. The molecule has 0 aliphatic carbocycles. The van der Waals surface area contributed by atoms with Crippen molar-refractivity contribution in [1.29, 1.82) is 0 Å². The Kier molecular flexibility index (Phi) is 7.43. The van der Waals surface area contributed by atoms with Crippen molar-refractivity contribution >= 4 is 66.4 Å². The lowest BCUT2D eigenvalue weighted by Crippen LogP contribution is -2.16. The van der Waals surface area contributed by atoms with Gasteiger partial charge in [-0.25, -0.2) is 9.83 Å². The molecule has 0 bridgehead atoms. The molecule has 60 heavy (non-hydrogen) atoms. The van der Waals surface area contributed by atoms with Crippen molar-refractivity contribution in [2.45, 2.75) is 0 Å². The highest BCUT2D eigenvalue weighted by molar-refractivity contribution is 6.12. The Morgan fingerprint density at radius 2 is 1.00 bits per heavy atom. The van der Waals surface area contributed by atoms with Crippen molar-refractivity contribution in [3.63, 3.8) is 0 Å². The fourth-order valence-corrected chi connectivity index (χ4v) is 8.72. The van der Waals surface area contributed by atoms with E-state index in [1.54, 1.807) is 0 Å². The normalized spacial score (nSPS) is 12.1. The minimum absolute atomic E-state index is 0.446. The first kappa shape index (κ1) is 33.6. The summed E-state index contributed by atoms with van der Waals surface area (Å²) in [5.41, 5.74) is 9.62. The molecule has 0 atom stereocenters. The van der Waals surface area contributed by atoms with Gasteiger partial charge in [-0.3, -0.25) is 4.57 Å². The summed E-state index contributed by atoms with van der Waals surface area (Å²) < 4.78 is 11.1. The highest BCUT2D eigenvalue weighted by Crippen LogP contribution is 2.54. The number of benzene rings is 8. The molecule has 0 saturated heterocycles. The molecule has 11 aromatic rings. The minimum atomic E-state index is 0.446. The second-order valence-corrected chi connectivity index (χ2v) is 14.8. The molecule has 0 unspecified atom stereocenters. The van der Waals surface area contributed by atoms with Crippen LogP contribution in [-0.2, 0) is 0 Å². The molecule has 8 heteroatoms. The predicted molar refractivity (Wildman–Crippen MR) is 240 cm³/mol. The lowest BCUT2D eigenvalue weighted by molar-refractivity contribution is 0.477. The van der Waals surface area contributed by atoms with E-state index in [4.69, 9.17) is 26.3 Å². The Balaban J connectivity index is 1.05. The van der Waals surface area contributed by atoms with Gasteiger partial charge in [-0.2, -0.15) is 9.97 Å². The molecule has 12 rings (SSSR count). The maximum Gasteiger partial charge on any atom is 0.238 e. The molecular weight excluding hydrogens is 739 g/mol. The van der Waals surface area contributed by atoms with Crippen LogP contribution in [-0.4, -0.2) is 24.1 Å². The van der Waals surface area contributed by atoms with Crippen LogP contribution >= 0.6 is 0 Å². The maximum atomic E-state index is 8.59. The zero-order chi connectivity index (χ0) is 39.7. The van der Waals surface area contributed by atoms with Crippen LogP contribution in [0.4, 0.5) is 22.7 Å². The van der Waals surface area contributed by atoms with Gasteiger partial charge in [-0.05, 0) is 60.7 Å². The third-order valence-corrected chi connectivity index (χ3v) is 11.4. The summed E-state index contributed by atoms with van der Waals surface area (Å²) in [5.74, 6) is 2.91. The highest BCUT2D eigenvalue weighted by atomic mass is 16.5. The van der Waals surface area contributed by atoms with E-state index in [0.717, 1.165) is 71.9 Å². The number of aromatic nitrogens is 5. The summed E-state index contributed by atoms with van der Waals surface area (Å²) in [6.45, 7) is 8.59. The average molecular weight is 770 g/mol. The molecule has 0 spiro atoms. The zero-order valence-electron chi connectivity index (χ0n) is 31.9. The summed E-state index contributed by atoms with van der Waals surface area (Å²) in [5, 5.41) is 4.44. The van der Waals surface area contributed by atoms with E-state index in [1.165, 1.54) is 0 Å². The Hall–Kier alpha value is -8.54. The molecular formula is C52H31N7O. The van der Waals surface area contributed by atoms with E-state index >= 15 is 0 Å². The Bertz CT molecular complexity index is 3490. The molecule has 0 amide bonds. The van der Waals surface area contributed by atoms with Gasteiger partial charge in [0.25, 0.3) is 0 Å². The Morgan fingerprint density at radius 1 is 0.417 bits per heavy atom. The van der Waals surface area contributed by atoms with Gasteiger partial charge in [-0.1, -0.05) is 121 Å². The van der Waals surface area contributed by atoms with Gasteiger partial charge in [0, 0.05) is 44.4 Å². The van der Waals surface area contributed by atoms with Crippen LogP contribution in [0.25, 0.3) is 82.9 Å². The number of anilines is 3. The van der Waals surface area contributed by atoms with Crippen molar-refractivity contribution in [3.05, 3.63) is 199 Å². The van der Waals surface area contributed by atoms with Gasteiger partial charge < -0.3 is 14.2 Å². The van der Waals surface area contributed by atoms with E-state index in [0.29, 0.717) is 40.3 Å². The molecule has 1 aliphatic heterocycles. The number of hydrogen-bond donors (Lipinski definition) is 0. The Morgan fingerprint density at radius 3 is 1.70 bits per heavy atom. The molecule has 0 N–H and O–H groups in total.